The van der Waals surface area contributed by atoms with Gasteiger partial charge in [0.15, 0.2) is 0 Å². The first-order chi connectivity index (χ1) is 12.7. The highest BCUT2D eigenvalue weighted by Crippen LogP contribution is 2.39. The van der Waals surface area contributed by atoms with E-state index in [0.717, 1.165) is 0 Å². The molecule has 2 atom stereocenters. The Balaban J connectivity index is 1.84. The summed E-state index contributed by atoms with van der Waals surface area (Å²) in [7, 11) is 0. The minimum absolute atomic E-state index is 0.0680. The van der Waals surface area contributed by atoms with Gasteiger partial charge in [0.25, 0.3) is 0 Å². The van der Waals surface area contributed by atoms with E-state index in [-0.39, 0.29) is 12.2 Å². The molecular weight excluding hydrogens is 320 g/mol. The molecule has 0 spiro atoms. The summed E-state index contributed by atoms with van der Waals surface area (Å²) in [5.74, 6) is 0. The molecule has 0 radical (unpaired) electrons. The topological polar surface area (TPSA) is 18.5 Å². The smallest absolute Gasteiger partial charge is 0.0807 e. The highest BCUT2D eigenvalue weighted by Gasteiger charge is 2.32. The van der Waals surface area contributed by atoms with E-state index >= 15 is 0 Å². The molecule has 132 valence electrons. The minimum atomic E-state index is 0.0680. The lowest BCUT2D eigenvalue weighted by atomic mass is 9.83. The summed E-state index contributed by atoms with van der Waals surface area (Å²) < 4.78 is 12.1. The Bertz CT molecular complexity index is 788. The minimum Gasteiger partial charge on any atom is -0.369 e. The number of benzene rings is 2. The molecule has 2 aromatic carbocycles. The van der Waals surface area contributed by atoms with Gasteiger partial charge in [0, 0.05) is 0 Å². The van der Waals surface area contributed by atoms with Gasteiger partial charge in [0.1, 0.15) is 0 Å². The lowest BCUT2D eigenvalue weighted by molar-refractivity contribution is 0.0571. The fraction of sp³-hybridized carbons (Fsp3) is 0.250. The summed E-state index contributed by atoms with van der Waals surface area (Å²) >= 11 is 0. The maximum absolute atomic E-state index is 6.03. The summed E-state index contributed by atoms with van der Waals surface area (Å²) in [6, 6.07) is 20.9. The normalized spacial score (nSPS) is 26.2. The van der Waals surface area contributed by atoms with Crippen molar-refractivity contribution in [2.75, 3.05) is 13.2 Å². The van der Waals surface area contributed by atoms with Crippen molar-refractivity contribution in [3.63, 3.8) is 0 Å². The first-order valence-corrected chi connectivity index (χ1v) is 9.21. The van der Waals surface area contributed by atoms with Crippen molar-refractivity contribution in [3.05, 3.63) is 94.1 Å². The van der Waals surface area contributed by atoms with E-state index in [4.69, 9.17) is 9.47 Å². The zero-order valence-corrected chi connectivity index (χ0v) is 15.3. The Morgan fingerprint density at radius 2 is 1.12 bits per heavy atom. The quantitative estimate of drug-likeness (QED) is 0.737. The van der Waals surface area contributed by atoms with Gasteiger partial charge in [-0.3, -0.25) is 0 Å². The van der Waals surface area contributed by atoms with E-state index < -0.39 is 0 Å². The molecule has 0 fully saturated rings. The number of hydrogen-bond donors (Lipinski definition) is 0. The van der Waals surface area contributed by atoms with Crippen molar-refractivity contribution in [2.45, 2.75) is 26.1 Å². The first-order valence-electron chi connectivity index (χ1n) is 9.21. The molecule has 2 aliphatic heterocycles. The van der Waals surface area contributed by atoms with E-state index in [1.54, 1.807) is 0 Å². The van der Waals surface area contributed by atoms with Crippen molar-refractivity contribution < 1.29 is 9.47 Å². The Kier molecular flexibility index (Phi) is 4.87. The monoisotopic (exact) mass is 344 g/mol. The van der Waals surface area contributed by atoms with Crippen LogP contribution in [0.4, 0.5) is 0 Å². The molecule has 2 heteroatoms. The lowest BCUT2D eigenvalue weighted by Crippen LogP contribution is -2.32. The highest BCUT2D eigenvalue weighted by molar-refractivity contribution is 5.72. The third-order valence-corrected chi connectivity index (χ3v) is 5.07. The summed E-state index contributed by atoms with van der Waals surface area (Å²) in [5.41, 5.74) is 7.46. The van der Waals surface area contributed by atoms with Crippen molar-refractivity contribution in [1.82, 2.24) is 0 Å². The Labute approximate surface area is 155 Å². The maximum Gasteiger partial charge on any atom is 0.0807 e. The molecule has 2 aromatic rings. The molecule has 0 unspecified atom stereocenters. The van der Waals surface area contributed by atoms with Gasteiger partial charge in [0.05, 0.1) is 25.4 Å². The largest absolute Gasteiger partial charge is 0.369 e. The molecule has 0 aromatic heterocycles. The van der Waals surface area contributed by atoms with Crippen LogP contribution in [0.5, 0.6) is 0 Å². The molecule has 0 amide bonds. The van der Waals surface area contributed by atoms with Crippen molar-refractivity contribution >= 4 is 12.2 Å². The average molecular weight is 344 g/mol. The van der Waals surface area contributed by atoms with E-state index in [0.29, 0.717) is 13.2 Å². The number of rotatable bonds is 2. The molecule has 0 saturated heterocycles. The van der Waals surface area contributed by atoms with E-state index in [1.807, 2.05) is 12.1 Å². The molecule has 0 bridgehead atoms. The highest BCUT2D eigenvalue weighted by atomic mass is 16.5. The Morgan fingerprint density at radius 3 is 1.54 bits per heavy atom. The third kappa shape index (κ3) is 3.44. The molecule has 4 rings (SSSR count). The number of hydrogen-bond acceptors (Lipinski definition) is 2. The fourth-order valence-corrected chi connectivity index (χ4v) is 3.63. The summed E-state index contributed by atoms with van der Waals surface area (Å²) in [4.78, 5) is 0. The first kappa shape index (κ1) is 17.0. The van der Waals surface area contributed by atoms with Crippen LogP contribution in [0.1, 0.15) is 25.0 Å². The van der Waals surface area contributed by atoms with Crippen LogP contribution in [0.25, 0.3) is 12.2 Å². The van der Waals surface area contributed by atoms with Crippen LogP contribution in [0.2, 0.25) is 0 Å². The molecule has 0 aliphatic carbocycles. The van der Waals surface area contributed by atoms with Gasteiger partial charge in [-0.2, -0.15) is 0 Å². The van der Waals surface area contributed by atoms with Gasteiger partial charge in [-0.05, 0) is 59.4 Å². The van der Waals surface area contributed by atoms with Gasteiger partial charge in [-0.15, -0.1) is 0 Å². The van der Waals surface area contributed by atoms with Gasteiger partial charge in [0.2, 0.25) is 0 Å². The second kappa shape index (κ2) is 7.45. The summed E-state index contributed by atoms with van der Waals surface area (Å²) in [5, 5.41) is 0. The zero-order chi connectivity index (χ0) is 17.9. The van der Waals surface area contributed by atoms with Gasteiger partial charge in [-0.25, -0.2) is 0 Å². The van der Waals surface area contributed by atoms with Crippen molar-refractivity contribution in [3.8, 4) is 0 Å². The lowest BCUT2D eigenvalue weighted by Gasteiger charge is -2.36. The third-order valence-electron chi connectivity index (χ3n) is 5.07. The van der Waals surface area contributed by atoms with Crippen molar-refractivity contribution in [2.24, 2.45) is 0 Å². The second-order valence-electron chi connectivity index (χ2n) is 6.91. The van der Waals surface area contributed by atoms with Crippen LogP contribution < -0.4 is 0 Å². The van der Waals surface area contributed by atoms with Crippen LogP contribution in [-0.4, -0.2) is 25.4 Å². The Hall–Kier alpha value is -2.42. The maximum atomic E-state index is 6.03. The van der Waals surface area contributed by atoms with Crippen LogP contribution >= 0.6 is 0 Å². The Morgan fingerprint density at radius 1 is 0.692 bits per heavy atom. The van der Waals surface area contributed by atoms with Crippen LogP contribution in [0.3, 0.4) is 0 Å². The van der Waals surface area contributed by atoms with E-state index in [9.17, 15) is 0 Å². The number of ether oxygens (including phenoxy) is 2. The molecule has 26 heavy (non-hydrogen) atoms. The van der Waals surface area contributed by atoms with Crippen LogP contribution in [-0.2, 0) is 9.47 Å². The van der Waals surface area contributed by atoms with Crippen LogP contribution in [0.15, 0.2) is 83.0 Å². The second-order valence-corrected chi connectivity index (χ2v) is 6.91. The molecule has 2 aliphatic rings. The zero-order valence-electron chi connectivity index (χ0n) is 15.3. The van der Waals surface area contributed by atoms with E-state index in [2.05, 4.69) is 74.5 Å². The van der Waals surface area contributed by atoms with Crippen LogP contribution in [0, 0.1) is 0 Å². The predicted molar refractivity (Wildman–Crippen MR) is 107 cm³/mol. The van der Waals surface area contributed by atoms with Crippen molar-refractivity contribution in [1.29, 1.82) is 0 Å². The molecule has 2 heterocycles. The predicted octanol–water partition coefficient (Wildman–Crippen LogP) is 5.29. The van der Waals surface area contributed by atoms with Gasteiger partial charge in [-0.1, -0.05) is 60.7 Å². The van der Waals surface area contributed by atoms with E-state index in [1.165, 1.54) is 33.4 Å². The summed E-state index contributed by atoms with van der Waals surface area (Å²) in [6.07, 6.45) is 4.66. The average Bonchev–Trinajstić information content (AvgIpc) is 2.68. The van der Waals surface area contributed by atoms with Gasteiger partial charge >= 0.3 is 0 Å². The standard InChI is InChI=1S/C24H24O2/c1-17-22(13-19-9-5-3-6-10-19)24-21(15-25-17)16-26-18(2)23(24)14-20-11-7-4-8-12-20/h3-14,17-18H,15-16H2,1-2H3/b22-13-,23-14?/t17-,18-/m0/s1. The molecule has 0 saturated carbocycles. The molecular formula is C24H24O2. The fourth-order valence-electron chi connectivity index (χ4n) is 3.63. The summed E-state index contributed by atoms with van der Waals surface area (Å²) in [6.45, 7) is 5.56. The molecule has 2 nitrogen and oxygen atoms in total. The SMILES string of the molecule is C[C@@H]1OCC2=C(C1=Cc1ccccc1)/C(=C\c1ccccc1)[C@H](C)OC2. The van der Waals surface area contributed by atoms with Gasteiger partial charge < -0.3 is 9.47 Å². The molecule has 0 N–H and O–H groups in total.